The van der Waals surface area contributed by atoms with Crippen LogP contribution in [0.25, 0.3) is 11.1 Å². The summed E-state index contributed by atoms with van der Waals surface area (Å²) in [5.41, 5.74) is 4.58. The fourth-order valence-electron chi connectivity index (χ4n) is 4.09. The average molecular weight is 391 g/mol. The highest BCUT2D eigenvalue weighted by molar-refractivity contribution is 6.36. The molecule has 4 rings (SSSR count). The van der Waals surface area contributed by atoms with Crippen molar-refractivity contribution < 1.29 is 4.74 Å². The van der Waals surface area contributed by atoms with Crippen molar-refractivity contribution in [2.75, 3.05) is 31.6 Å². The minimum atomic E-state index is 0.274. The van der Waals surface area contributed by atoms with Crippen LogP contribution in [-0.4, -0.2) is 32.8 Å². The second-order valence-electron chi connectivity index (χ2n) is 7.22. The van der Waals surface area contributed by atoms with Crippen LogP contribution in [0.15, 0.2) is 30.3 Å². The molecule has 0 bridgehead atoms. The Bertz CT molecular complexity index is 824. The van der Waals surface area contributed by atoms with E-state index < -0.39 is 0 Å². The van der Waals surface area contributed by atoms with Gasteiger partial charge in [0.2, 0.25) is 0 Å². The fourth-order valence-corrected chi connectivity index (χ4v) is 4.61. The third-order valence-corrected chi connectivity index (χ3v) is 5.95. The monoisotopic (exact) mass is 390 g/mol. The molecule has 2 aromatic carbocycles. The second-order valence-corrected chi connectivity index (χ2v) is 8.06. The quantitative estimate of drug-likeness (QED) is 0.761. The highest BCUT2D eigenvalue weighted by Crippen LogP contribution is 2.48. The van der Waals surface area contributed by atoms with E-state index in [-0.39, 0.29) is 6.10 Å². The minimum Gasteiger partial charge on any atom is -0.487 e. The molecule has 2 aliphatic heterocycles. The van der Waals surface area contributed by atoms with Crippen molar-refractivity contribution in [3.05, 3.63) is 45.9 Å². The summed E-state index contributed by atoms with van der Waals surface area (Å²) in [5.74, 6) is 1.45. The highest BCUT2D eigenvalue weighted by atomic mass is 35.5. The summed E-state index contributed by atoms with van der Waals surface area (Å²) in [7, 11) is 2.13. The Balaban J connectivity index is 1.85. The molecular formula is C21H24Cl2N2O. The van der Waals surface area contributed by atoms with Crippen LogP contribution in [0.4, 0.5) is 5.69 Å². The van der Waals surface area contributed by atoms with Gasteiger partial charge in [0.05, 0.1) is 5.69 Å². The van der Waals surface area contributed by atoms with Crippen molar-refractivity contribution in [2.45, 2.75) is 31.8 Å². The Labute approximate surface area is 165 Å². The van der Waals surface area contributed by atoms with Gasteiger partial charge >= 0.3 is 0 Å². The van der Waals surface area contributed by atoms with E-state index in [1.807, 2.05) is 18.2 Å². The Morgan fingerprint density at radius 3 is 2.85 bits per heavy atom. The normalized spacial score (nSPS) is 21.1. The topological polar surface area (TPSA) is 24.5 Å². The van der Waals surface area contributed by atoms with Gasteiger partial charge in [-0.3, -0.25) is 0 Å². The van der Waals surface area contributed by atoms with Crippen LogP contribution in [-0.2, 0) is 0 Å². The second kappa shape index (κ2) is 7.30. The summed E-state index contributed by atoms with van der Waals surface area (Å²) < 4.78 is 6.41. The van der Waals surface area contributed by atoms with Crippen LogP contribution >= 0.6 is 23.2 Å². The number of ether oxygens (including phenoxy) is 1. The van der Waals surface area contributed by atoms with Gasteiger partial charge in [-0.05, 0) is 49.2 Å². The Morgan fingerprint density at radius 1 is 1.23 bits per heavy atom. The minimum absolute atomic E-state index is 0.274. The fraction of sp³-hybridized carbons (Fsp3) is 0.429. The first-order valence-corrected chi connectivity index (χ1v) is 10.1. The molecule has 0 amide bonds. The third kappa shape index (κ3) is 3.17. The highest BCUT2D eigenvalue weighted by Gasteiger charge is 2.38. The molecule has 26 heavy (non-hydrogen) atoms. The van der Waals surface area contributed by atoms with Crippen molar-refractivity contribution in [1.29, 1.82) is 0 Å². The molecule has 0 saturated carbocycles. The summed E-state index contributed by atoms with van der Waals surface area (Å²) in [6, 6.07) is 10.2. The first-order chi connectivity index (χ1) is 12.6. The Kier molecular flexibility index (Phi) is 5.05. The molecule has 0 aliphatic carbocycles. The number of fused-ring (bicyclic) bond motifs is 3. The Morgan fingerprint density at radius 2 is 2.08 bits per heavy atom. The van der Waals surface area contributed by atoms with Gasteiger partial charge in [0.15, 0.2) is 0 Å². The maximum Gasteiger partial charge on any atom is 0.146 e. The molecule has 138 valence electrons. The molecular weight excluding hydrogens is 367 g/mol. The molecule has 3 nitrogen and oxygen atoms in total. The zero-order chi connectivity index (χ0) is 18.3. The van der Waals surface area contributed by atoms with Gasteiger partial charge < -0.3 is 15.0 Å². The number of benzene rings is 2. The largest absolute Gasteiger partial charge is 0.487 e. The van der Waals surface area contributed by atoms with E-state index in [1.54, 1.807) is 0 Å². The summed E-state index contributed by atoms with van der Waals surface area (Å²) in [4.78, 5) is 2.29. The molecule has 1 unspecified atom stereocenters. The first kappa shape index (κ1) is 18.0. The van der Waals surface area contributed by atoms with Crippen molar-refractivity contribution in [1.82, 2.24) is 5.32 Å². The molecule has 2 aromatic rings. The summed E-state index contributed by atoms with van der Waals surface area (Å²) in [6.07, 6.45) is 2.41. The van der Waals surface area contributed by atoms with E-state index in [9.17, 15) is 0 Å². The van der Waals surface area contributed by atoms with Crippen LogP contribution in [0.1, 0.15) is 31.2 Å². The molecule has 5 heteroatoms. The lowest BCUT2D eigenvalue weighted by molar-refractivity contribution is 0.172. The zero-order valence-corrected chi connectivity index (χ0v) is 16.7. The van der Waals surface area contributed by atoms with Crippen molar-refractivity contribution >= 4 is 28.9 Å². The van der Waals surface area contributed by atoms with E-state index in [4.69, 9.17) is 27.9 Å². The van der Waals surface area contributed by atoms with Crippen LogP contribution in [0.5, 0.6) is 5.75 Å². The molecule has 2 atom stereocenters. The number of halogens is 2. The van der Waals surface area contributed by atoms with Gasteiger partial charge in [0.25, 0.3) is 0 Å². The van der Waals surface area contributed by atoms with Gasteiger partial charge in [-0.1, -0.05) is 36.2 Å². The summed E-state index contributed by atoms with van der Waals surface area (Å²) in [5, 5.41) is 4.85. The zero-order valence-electron chi connectivity index (χ0n) is 15.2. The maximum atomic E-state index is 6.50. The van der Waals surface area contributed by atoms with Crippen molar-refractivity contribution in [3.8, 4) is 16.9 Å². The lowest BCUT2D eigenvalue weighted by atomic mass is 9.88. The van der Waals surface area contributed by atoms with Crippen LogP contribution in [0, 0.1) is 0 Å². The predicted octanol–water partition coefficient (Wildman–Crippen LogP) is 5.34. The van der Waals surface area contributed by atoms with Gasteiger partial charge in [-0.2, -0.15) is 0 Å². The molecule has 1 saturated heterocycles. The predicted molar refractivity (Wildman–Crippen MR) is 110 cm³/mol. The number of nitrogens with zero attached hydrogens (tertiary/aromatic N) is 1. The summed E-state index contributed by atoms with van der Waals surface area (Å²) >= 11 is 12.6. The van der Waals surface area contributed by atoms with E-state index >= 15 is 0 Å². The third-order valence-electron chi connectivity index (χ3n) is 5.40. The van der Waals surface area contributed by atoms with Crippen LogP contribution in [0.2, 0.25) is 10.0 Å². The van der Waals surface area contributed by atoms with Crippen LogP contribution in [0.3, 0.4) is 0 Å². The number of piperidine rings is 1. The smallest absolute Gasteiger partial charge is 0.146 e. The molecule has 1 fully saturated rings. The van der Waals surface area contributed by atoms with E-state index in [1.165, 1.54) is 5.56 Å². The van der Waals surface area contributed by atoms with Crippen molar-refractivity contribution in [3.63, 3.8) is 0 Å². The van der Waals surface area contributed by atoms with Gasteiger partial charge in [-0.15, -0.1) is 0 Å². The number of hydrogen-bond donors (Lipinski definition) is 1. The number of rotatable bonds is 4. The molecule has 1 N–H and O–H groups in total. The van der Waals surface area contributed by atoms with Gasteiger partial charge in [0, 0.05) is 47.2 Å². The number of hydrogen-bond acceptors (Lipinski definition) is 3. The average Bonchev–Trinajstić information content (AvgIpc) is 3.00. The van der Waals surface area contributed by atoms with Gasteiger partial charge in [-0.25, -0.2) is 0 Å². The lowest BCUT2D eigenvalue weighted by Gasteiger charge is -2.25. The van der Waals surface area contributed by atoms with Crippen molar-refractivity contribution in [2.24, 2.45) is 0 Å². The molecule has 0 aromatic heterocycles. The van der Waals surface area contributed by atoms with Crippen LogP contribution < -0.4 is 15.0 Å². The number of anilines is 1. The summed E-state index contributed by atoms with van der Waals surface area (Å²) in [6.45, 7) is 5.17. The molecule has 2 aliphatic rings. The Hall–Kier alpha value is -1.42. The van der Waals surface area contributed by atoms with E-state index in [0.29, 0.717) is 16.0 Å². The molecule has 0 spiro atoms. The number of nitrogens with one attached hydrogen (secondary N) is 1. The SMILES string of the molecule is CCCN(C)c1cc(-c2ccc(Cl)cc2Cl)cc2c1O[C@H]1CCNCC21. The van der Waals surface area contributed by atoms with E-state index in [0.717, 1.165) is 55.0 Å². The molecule has 2 heterocycles. The van der Waals surface area contributed by atoms with E-state index in [2.05, 4.69) is 36.3 Å². The standard InChI is InChI=1S/C21H24Cl2N2O/c1-3-8-25(2)19-10-13(15-5-4-14(22)11-18(15)23)9-16-17-12-24-7-6-20(17)26-21(16)19/h4-5,9-11,17,20,24H,3,6-8,12H2,1-2H3/t17?,20-/m0/s1. The lowest BCUT2D eigenvalue weighted by Crippen LogP contribution is -2.37. The van der Waals surface area contributed by atoms with Gasteiger partial charge in [0.1, 0.15) is 11.9 Å². The first-order valence-electron chi connectivity index (χ1n) is 9.30. The maximum absolute atomic E-state index is 6.50. The molecule has 0 radical (unpaired) electrons.